The van der Waals surface area contributed by atoms with Gasteiger partial charge in [-0.25, -0.2) is 0 Å². The summed E-state index contributed by atoms with van der Waals surface area (Å²) in [5, 5.41) is 4.18. The maximum Gasteiger partial charge on any atom is 0.137 e. The molecule has 328 valence electrons. The van der Waals surface area contributed by atoms with E-state index in [-0.39, 0.29) is 0 Å². The van der Waals surface area contributed by atoms with Crippen molar-refractivity contribution in [3.05, 3.63) is 283 Å². The zero-order valence-electron chi connectivity index (χ0n) is 38.1. The summed E-state index contributed by atoms with van der Waals surface area (Å²) in [6.45, 7) is 0. The minimum absolute atomic E-state index is 0.655. The molecule has 0 spiro atoms. The predicted octanol–water partition coefficient (Wildman–Crippen LogP) is 18.3. The number of anilines is 3. The molecular weight excluding hydrogens is 851 g/mol. The van der Waals surface area contributed by atoms with Crippen molar-refractivity contribution in [2.24, 2.45) is 0 Å². The normalized spacial score (nSPS) is 12.7. The van der Waals surface area contributed by atoms with Crippen molar-refractivity contribution in [2.45, 2.75) is 5.41 Å². The van der Waals surface area contributed by atoms with Gasteiger partial charge in [-0.3, -0.25) is 0 Å². The Bertz CT molecular complexity index is 3930. The number of furan rings is 2. The Morgan fingerprint density at radius 1 is 0.286 bits per heavy atom. The van der Waals surface area contributed by atoms with E-state index in [2.05, 4.69) is 266 Å². The topological polar surface area (TPSA) is 29.5 Å². The first-order valence-corrected chi connectivity index (χ1v) is 24.0. The van der Waals surface area contributed by atoms with Crippen LogP contribution in [0.25, 0.3) is 88.4 Å². The third-order valence-corrected chi connectivity index (χ3v) is 14.5. The summed E-state index contributed by atoms with van der Waals surface area (Å²) in [6, 6.07) is 94.4. The van der Waals surface area contributed by atoms with Crippen molar-refractivity contribution in [1.29, 1.82) is 0 Å². The molecule has 0 radical (unpaired) electrons. The molecule has 1 aliphatic rings. The second-order valence-corrected chi connectivity index (χ2v) is 18.3. The molecule has 0 amide bonds. The molecule has 0 fully saturated rings. The van der Waals surface area contributed by atoms with Gasteiger partial charge >= 0.3 is 0 Å². The summed E-state index contributed by atoms with van der Waals surface area (Å²) < 4.78 is 13.5. The van der Waals surface area contributed by atoms with Gasteiger partial charge in [0.05, 0.1) is 27.6 Å². The molecule has 70 heavy (non-hydrogen) atoms. The molecule has 0 saturated carbocycles. The molecule has 1 aliphatic carbocycles. The molecule has 2 aromatic heterocycles. The van der Waals surface area contributed by atoms with Gasteiger partial charge < -0.3 is 13.7 Å². The fourth-order valence-electron chi connectivity index (χ4n) is 11.5. The lowest BCUT2D eigenvalue weighted by molar-refractivity contribution is 0.669. The zero-order chi connectivity index (χ0) is 46.2. The van der Waals surface area contributed by atoms with Crippen LogP contribution in [0, 0.1) is 0 Å². The lowest BCUT2D eigenvalue weighted by Crippen LogP contribution is -2.29. The smallest absolute Gasteiger partial charge is 0.137 e. The maximum atomic E-state index is 6.77. The summed E-state index contributed by atoms with van der Waals surface area (Å²) in [4.78, 5) is 2.45. The van der Waals surface area contributed by atoms with Crippen molar-refractivity contribution in [2.75, 3.05) is 4.90 Å². The lowest BCUT2D eigenvalue weighted by atomic mass is 9.67. The van der Waals surface area contributed by atoms with Gasteiger partial charge in [-0.1, -0.05) is 194 Å². The Labute approximate surface area is 405 Å². The van der Waals surface area contributed by atoms with Crippen LogP contribution in [0.1, 0.15) is 22.3 Å². The van der Waals surface area contributed by atoms with E-state index in [1.54, 1.807) is 0 Å². The first-order chi connectivity index (χ1) is 34.7. The number of hydrogen-bond donors (Lipinski definition) is 0. The number of benzene rings is 11. The summed E-state index contributed by atoms with van der Waals surface area (Å²) >= 11 is 0. The number of rotatable bonds is 8. The van der Waals surface area contributed by atoms with Gasteiger partial charge in [0.15, 0.2) is 0 Å². The molecule has 0 unspecified atom stereocenters. The van der Waals surface area contributed by atoms with Crippen molar-refractivity contribution >= 4 is 60.9 Å². The molecule has 13 aromatic rings. The lowest BCUT2D eigenvalue weighted by Gasteiger charge is -2.35. The Morgan fingerprint density at radius 3 is 1.21 bits per heavy atom. The van der Waals surface area contributed by atoms with E-state index in [9.17, 15) is 0 Å². The number of hydrogen-bond acceptors (Lipinski definition) is 3. The molecule has 2 heterocycles. The molecule has 0 saturated heterocycles. The highest BCUT2D eigenvalue weighted by Gasteiger charge is 2.46. The molecule has 11 aromatic carbocycles. The van der Waals surface area contributed by atoms with E-state index < -0.39 is 5.41 Å². The minimum atomic E-state index is -0.655. The molecule has 14 rings (SSSR count). The highest BCUT2D eigenvalue weighted by molar-refractivity contribution is 6.18. The van der Waals surface area contributed by atoms with E-state index in [4.69, 9.17) is 8.83 Å². The van der Waals surface area contributed by atoms with Crippen molar-refractivity contribution < 1.29 is 8.83 Å². The van der Waals surface area contributed by atoms with E-state index in [0.29, 0.717) is 0 Å². The van der Waals surface area contributed by atoms with Crippen molar-refractivity contribution in [3.63, 3.8) is 0 Å². The summed E-state index contributed by atoms with van der Waals surface area (Å²) in [5.41, 5.74) is 20.0. The fraction of sp³-hybridized carbons (Fsp3) is 0.0149. The number of nitrogens with zero attached hydrogens (tertiary/aromatic N) is 1. The van der Waals surface area contributed by atoms with E-state index in [0.717, 1.165) is 83.2 Å². The van der Waals surface area contributed by atoms with E-state index in [1.165, 1.54) is 44.5 Å². The van der Waals surface area contributed by atoms with Gasteiger partial charge in [-0.2, -0.15) is 0 Å². The Morgan fingerprint density at radius 2 is 0.700 bits per heavy atom. The Kier molecular flexibility index (Phi) is 9.11. The van der Waals surface area contributed by atoms with Gasteiger partial charge in [0.2, 0.25) is 0 Å². The maximum absolute atomic E-state index is 6.77. The van der Waals surface area contributed by atoms with Gasteiger partial charge in [-0.15, -0.1) is 0 Å². The zero-order valence-corrected chi connectivity index (χ0v) is 38.1. The average Bonchev–Trinajstić information content (AvgIpc) is 4.10. The second-order valence-electron chi connectivity index (χ2n) is 18.3. The molecule has 0 aliphatic heterocycles. The van der Waals surface area contributed by atoms with Crippen LogP contribution in [-0.4, -0.2) is 0 Å². The third-order valence-electron chi connectivity index (χ3n) is 14.5. The second kappa shape index (κ2) is 16.0. The molecule has 3 heteroatoms. The summed E-state index contributed by atoms with van der Waals surface area (Å²) in [7, 11) is 0. The van der Waals surface area contributed by atoms with Crippen molar-refractivity contribution in [1.82, 2.24) is 0 Å². The predicted molar refractivity (Wildman–Crippen MR) is 289 cm³/mol. The van der Waals surface area contributed by atoms with E-state index >= 15 is 0 Å². The third kappa shape index (κ3) is 6.15. The van der Waals surface area contributed by atoms with Gasteiger partial charge in [0, 0.05) is 16.5 Å². The fourth-order valence-corrected chi connectivity index (χ4v) is 11.5. The van der Waals surface area contributed by atoms with Crippen LogP contribution in [0.4, 0.5) is 17.1 Å². The molecule has 3 nitrogen and oxygen atoms in total. The standard InChI is InChI=1S/C67H43NO2/c1-4-18-44(19-5-1)47-24-14-25-50(40-47)67(57-30-12-10-28-53(57)54-29-11-13-31-58(54)67)51-26-15-27-52(43-51)68(59-32-16-34-63-65(59)55-41-48(36-38-61(55)69-63)45-20-6-2-7-21-45)60-33-17-35-64-66(60)56-42-49(37-39-62(56)70-64)46-22-8-3-9-23-46/h1-43H. The molecule has 0 atom stereocenters. The van der Waals surface area contributed by atoms with E-state index in [1.807, 2.05) is 0 Å². The SMILES string of the molecule is c1ccc(-c2cccc(C3(c4cccc(N(c5cccc6oc7ccc(-c8ccccc8)cc7c56)c5cccc6oc7ccc(-c8ccccc8)cc7c56)c4)c4ccccc4-c4ccccc43)c2)cc1. The molecular formula is C67H43NO2. The highest BCUT2D eigenvalue weighted by Crippen LogP contribution is 2.57. The Balaban J connectivity index is 1.07. The molecule has 0 bridgehead atoms. The average molecular weight is 894 g/mol. The monoisotopic (exact) mass is 893 g/mol. The van der Waals surface area contributed by atoms with Crippen molar-refractivity contribution in [3.8, 4) is 44.5 Å². The van der Waals surface area contributed by atoms with Crippen LogP contribution >= 0.6 is 0 Å². The minimum Gasteiger partial charge on any atom is -0.456 e. The largest absolute Gasteiger partial charge is 0.456 e. The highest BCUT2D eigenvalue weighted by atomic mass is 16.3. The first-order valence-electron chi connectivity index (χ1n) is 24.0. The first kappa shape index (κ1) is 39.9. The van der Waals surface area contributed by atoms with Crippen LogP contribution in [0.5, 0.6) is 0 Å². The number of fused-ring (bicyclic) bond motifs is 9. The van der Waals surface area contributed by atoms with Crippen LogP contribution in [0.3, 0.4) is 0 Å². The quantitative estimate of drug-likeness (QED) is 0.152. The Hall–Kier alpha value is -9.18. The van der Waals surface area contributed by atoms with Crippen LogP contribution in [0.15, 0.2) is 270 Å². The van der Waals surface area contributed by atoms with Gasteiger partial charge in [0.25, 0.3) is 0 Å². The molecule has 0 N–H and O–H groups in total. The van der Waals surface area contributed by atoms with Gasteiger partial charge in [0.1, 0.15) is 22.3 Å². The summed E-state index contributed by atoms with van der Waals surface area (Å²) in [6.07, 6.45) is 0. The van der Waals surface area contributed by atoms with Crippen LogP contribution in [0.2, 0.25) is 0 Å². The van der Waals surface area contributed by atoms with Gasteiger partial charge in [-0.05, 0) is 133 Å². The van der Waals surface area contributed by atoms with Crippen LogP contribution < -0.4 is 4.90 Å². The van der Waals surface area contributed by atoms with Crippen LogP contribution in [-0.2, 0) is 5.41 Å². The summed E-state index contributed by atoms with van der Waals surface area (Å²) in [5.74, 6) is 0.